The highest BCUT2D eigenvalue weighted by atomic mass is 32.2. The highest BCUT2D eigenvalue weighted by molar-refractivity contribution is 7.99. The molecule has 1 rings (SSSR count). The lowest BCUT2D eigenvalue weighted by atomic mass is 10.2. The van der Waals surface area contributed by atoms with Gasteiger partial charge in [0.2, 0.25) is 0 Å². The third kappa shape index (κ3) is 5.01. The predicted molar refractivity (Wildman–Crippen MR) is 70.8 cm³/mol. The summed E-state index contributed by atoms with van der Waals surface area (Å²) >= 11 is 1.72. The van der Waals surface area contributed by atoms with Crippen molar-refractivity contribution in [1.82, 2.24) is 5.32 Å². The van der Waals surface area contributed by atoms with Gasteiger partial charge in [-0.2, -0.15) is 0 Å². The van der Waals surface area contributed by atoms with Crippen LogP contribution in [-0.4, -0.2) is 24.0 Å². The monoisotopic (exact) mass is 239 g/mol. The number of rotatable bonds is 7. The smallest absolute Gasteiger partial charge is 0.0525 e. The first-order valence-corrected chi connectivity index (χ1v) is 6.75. The van der Waals surface area contributed by atoms with E-state index in [1.165, 1.54) is 10.5 Å². The van der Waals surface area contributed by atoms with Gasteiger partial charge < -0.3 is 10.4 Å². The third-order valence-corrected chi connectivity index (χ3v) is 3.29. The zero-order chi connectivity index (χ0) is 11.8. The van der Waals surface area contributed by atoms with E-state index < -0.39 is 0 Å². The number of aliphatic hydroxyl groups is 1. The molecular weight excluding hydrogens is 218 g/mol. The molecule has 2 nitrogen and oxygen atoms in total. The molecule has 0 radical (unpaired) electrons. The largest absolute Gasteiger partial charge is 0.396 e. The highest BCUT2D eigenvalue weighted by Crippen LogP contribution is 2.22. The molecule has 2 N–H and O–H groups in total. The minimum Gasteiger partial charge on any atom is -0.396 e. The maximum atomic E-state index is 8.83. The van der Waals surface area contributed by atoms with Crippen LogP contribution in [0.2, 0.25) is 0 Å². The third-order valence-electron chi connectivity index (χ3n) is 2.19. The van der Waals surface area contributed by atoms with Crippen LogP contribution in [0, 0.1) is 5.92 Å². The molecule has 0 heterocycles. The van der Waals surface area contributed by atoms with Gasteiger partial charge in [-0.1, -0.05) is 32.0 Å². The van der Waals surface area contributed by atoms with Crippen molar-refractivity contribution in [2.75, 3.05) is 18.9 Å². The number of benzene rings is 1. The van der Waals surface area contributed by atoms with E-state index in [4.69, 9.17) is 5.11 Å². The molecule has 1 aromatic rings. The molecule has 1 aromatic carbocycles. The van der Waals surface area contributed by atoms with Crippen molar-refractivity contribution in [2.45, 2.75) is 25.3 Å². The van der Waals surface area contributed by atoms with Gasteiger partial charge in [-0.25, -0.2) is 0 Å². The lowest BCUT2D eigenvalue weighted by Gasteiger charge is -2.11. The van der Waals surface area contributed by atoms with Crippen molar-refractivity contribution in [3.8, 4) is 0 Å². The topological polar surface area (TPSA) is 32.3 Å². The average Bonchev–Trinajstić information content (AvgIpc) is 2.27. The van der Waals surface area contributed by atoms with Gasteiger partial charge in [0.25, 0.3) is 0 Å². The van der Waals surface area contributed by atoms with Crippen LogP contribution in [0.3, 0.4) is 0 Å². The summed E-state index contributed by atoms with van der Waals surface area (Å²) in [6, 6.07) is 8.38. The summed E-state index contributed by atoms with van der Waals surface area (Å²) in [6.45, 7) is 6.60. The van der Waals surface area contributed by atoms with Gasteiger partial charge >= 0.3 is 0 Å². The van der Waals surface area contributed by atoms with Crippen LogP contribution in [-0.2, 0) is 6.54 Å². The van der Waals surface area contributed by atoms with Crippen LogP contribution in [0.5, 0.6) is 0 Å². The Bertz CT molecular complexity index is 302. The molecule has 0 spiro atoms. The molecule has 0 atom stereocenters. The van der Waals surface area contributed by atoms with E-state index >= 15 is 0 Å². The Morgan fingerprint density at radius 1 is 1.31 bits per heavy atom. The Morgan fingerprint density at radius 3 is 2.75 bits per heavy atom. The van der Waals surface area contributed by atoms with Crippen molar-refractivity contribution in [3.05, 3.63) is 29.8 Å². The van der Waals surface area contributed by atoms with E-state index in [0.29, 0.717) is 5.92 Å². The summed E-state index contributed by atoms with van der Waals surface area (Å²) in [5.74, 6) is 1.44. The van der Waals surface area contributed by atoms with Crippen LogP contribution in [0.1, 0.15) is 19.4 Å². The van der Waals surface area contributed by atoms with Gasteiger partial charge in [-0.15, -0.1) is 11.8 Å². The van der Waals surface area contributed by atoms with Crippen molar-refractivity contribution >= 4 is 11.8 Å². The molecule has 0 aliphatic heterocycles. The van der Waals surface area contributed by atoms with E-state index in [2.05, 4.69) is 37.4 Å². The van der Waals surface area contributed by atoms with E-state index in [9.17, 15) is 0 Å². The van der Waals surface area contributed by atoms with Crippen LogP contribution >= 0.6 is 11.8 Å². The van der Waals surface area contributed by atoms with Gasteiger partial charge in [-0.05, 0) is 24.1 Å². The number of hydrogen-bond acceptors (Lipinski definition) is 3. The average molecular weight is 239 g/mol. The van der Waals surface area contributed by atoms with E-state index in [1.807, 2.05) is 6.07 Å². The van der Waals surface area contributed by atoms with E-state index in [-0.39, 0.29) is 6.61 Å². The second kappa shape index (κ2) is 7.71. The molecule has 0 saturated carbocycles. The summed E-state index contributed by atoms with van der Waals surface area (Å²) in [4.78, 5) is 1.27. The molecule has 0 aliphatic rings. The molecule has 90 valence electrons. The minimum absolute atomic E-state index is 0.235. The molecule has 3 heteroatoms. The number of aliphatic hydroxyl groups excluding tert-OH is 1. The van der Waals surface area contributed by atoms with Gasteiger partial charge in [0.05, 0.1) is 6.61 Å². The van der Waals surface area contributed by atoms with Gasteiger partial charge in [-0.3, -0.25) is 0 Å². The Kier molecular flexibility index (Phi) is 6.53. The molecule has 0 fully saturated rings. The molecule has 0 aromatic heterocycles. The molecule has 0 saturated heterocycles. The van der Waals surface area contributed by atoms with Crippen LogP contribution in [0.25, 0.3) is 0 Å². The minimum atomic E-state index is 0.235. The summed E-state index contributed by atoms with van der Waals surface area (Å²) in [7, 11) is 0. The molecule has 0 bridgehead atoms. The van der Waals surface area contributed by atoms with Gasteiger partial charge in [0, 0.05) is 17.2 Å². The fourth-order valence-electron chi connectivity index (χ4n) is 1.44. The van der Waals surface area contributed by atoms with Crippen molar-refractivity contribution in [2.24, 2.45) is 5.92 Å². The standard InChI is InChI=1S/C13H21NOS/c1-11(2)9-14-10-12-5-3-4-6-13(12)16-8-7-15/h3-6,11,14-15H,7-10H2,1-2H3. The maximum Gasteiger partial charge on any atom is 0.0525 e. The van der Waals surface area contributed by atoms with E-state index in [0.717, 1.165) is 18.8 Å². The number of hydrogen-bond donors (Lipinski definition) is 2. The number of nitrogens with one attached hydrogen (secondary N) is 1. The molecular formula is C13H21NOS. The predicted octanol–water partition coefficient (Wildman–Crippen LogP) is 2.52. The van der Waals surface area contributed by atoms with Crippen LogP contribution in [0.15, 0.2) is 29.2 Å². The van der Waals surface area contributed by atoms with Crippen LogP contribution in [0.4, 0.5) is 0 Å². The normalized spacial score (nSPS) is 11.0. The Balaban J connectivity index is 2.49. The zero-order valence-electron chi connectivity index (χ0n) is 10.1. The van der Waals surface area contributed by atoms with Crippen molar-refractivity contribution < 1.29 is 5.11 Å². The fraction of sp³-hybridized carbons (Fsp3) is 0.538. The molecule has 0 amide bonds. The lowest BCUT2D eigenvalue weighted by Crippen LogP contribution is -2.19. The second-order valence-electron chi connectivity index (χ2n) is 4.20. The second-order valence-corrected chi connectivity index (χ2v) is 5.34. The highest BCUT2D eigenvalue weighted by Gasteiger charge is 2.02. The Hall–Kier alpha value is -0.510. The van der Waals surface area contributed by atoms with Crippen molar-refractivity contribution in [1.29, 1.82) is 0 Å². The summed E-state index contributed by atoms with van der Waals surface area (Å²) in [5.41, 5.74) is 1.32. The van der Waals surface area contributed by atoms with Crippen LogP contribution < -0.4 is 5.32 Å². The van der Waals surface area contributed by atoms with E-state index in [1.54, 1.807) is 11.8 Å². The maximum absolute atomic E-state index is 8.83. The first-order chi connectivity index (χ1) is 7.74. The van der Waals surface area contributed by atoms with Gasteiger partial charge in [0.15, 0.2) is 0 Å². The SMILES string of the molecule is CC(C)CNCc1ccccc1SCCO. The Labute approximate surface area is 102 Å². The first-order valence-electron chi connectivity index (χ1n) is 5.76. The number of thioether (sulfide) groups is 1. The first kappa shape index (κ1) is 13.6. The fourth-order valence-corrected chi connectivity index (χ4v) is 2.25. The molecule has 16 heavy (non-hydrogen) atoms. The van der Waals surface area contributed by atoms with Crippen molar-refractivity contribution in [3.63, 3.8) is 0 Å². The zero-order valence-corrected chi connectivity index (χ0v) is 10.9. The Morgan fingerprint density at radius 2 is 2.06 bits per heavy atom. The summed E-state index contributed by atoms with van der Waals surface area (Å²) in [5, 5.41) is 12.3. The lowest BCUT2D eigenvalue weighted by molar-refractivity contribution is 0.322. The summed E-state index contributed by atoms with van der Waals surface area (Å²) in [6.07, 6.45) is 0. The quantitative estimate of drug-likeness (QED) is 0.717. The summed E-state index contributed by atoms with van der Waals surface area (Å²) < 4.78 is 0. The molecule has 0 unspecified atom stereocenters. The molecule has 0 aliphatic carbocycles. The van der Waals surface area contributed by atoms with Gasteiger partial charge in [0.1, 0.15) is 0 Å².